The van der Waals surface area contributed by atoms with Crippen LogP contribution in [0.15, 0.2) is 16.6 Å². The van der Waals surface area contributed by atoms with Crippen LogP contribution in [-0.2, 0) is 20.0 Å². The lowest BCUT2D eigenvalue weighted by molar-refractivity contribution is -0.348. The number of halogens is 11. The Kier molecular flexibility index (Phi) is 7.68. The van der Waals surface area contributed by atoms with Gasteiger partial charge in [-0.05, 0) is 35.0 Å². The van der Waals surface area contributed by atoms with Gasteiger partial charge in [-0.25, -0.2) is 9.18 Å². The maximum Gasteiger partial charge on any atom is 0.573 e. The number of anilines is 1. The van der Waals surface area contributed by atoms with Crippen molar-refractivity contribution in [3.8, 4) is 5.75 Å². The Labute approximate surface area is 173 Å². The molecule has 1 amide bonds. The van der Waals surface area contributed by atoms with E-state index < -0.39 is 63.8 Å². The monoisotopic (exact) mass is 538 g/mol. The zero-order chi connectivity index (χ0) is 24.4. The molecule has 0 aromatic heterocycles. The molecule has 0 fully saturated rings. The molecule has 0 aliphatic carbocycles. The van der Waals surface area contributed by atoms with Crippen LogP contribution in [0.3, 0.4) is 0 Å². The second kappa shape index (κ2) is 8.96. The van der Waals surface area contributed by atoms with Gasteiger partial charge < -0.3 is 9.47 Å². The molecule has 0 radical (unpaired) electrons. The number of hydrogen-bond acceptors (Lipinski definition) is 5. The summed E-state index contributed by atoms with van der Waals surface area (Å²) in [5.74, 6) is -4.92. The highest BCUT2D eigenvalue weighted by Gasteiger charge is 2.73. The molecule has 0 saturated carbocycles. The van der Waals surface area contributed by atoms with Crippen LogP contribution in [0.4, 0.5) is 49.6 Å². The SMILES string of the molecule is CCOC(=O)C(=O)NNc1c(Br)cc(C(F)(C(F)(F)F)C(F)(F)F)cc1OC(F)(F)F. The summed E-state index contributed by atoms with van der Waals surface area (Å²) < 4.78 is 136. The Morgan fingerprint density at radius 2 is 1.48 bits per heavy atom. The highest BCUT2D eigenvalue weighted by molar-refractivity contribution is 9.10. The molecule has 1 rings (SSSR count). The van der Waals surface area contributed by atoms with Gasteiger partial charge in [-0.15, -0.1) is 13.2 Å². The number of hydrogen-bond donors (Lipinski definition) is 2. The zero-order valence-corrected chi connectivity index (χ0v) is 16.2. The van der Waals surface area contributed by atoms with Crippen molar-refractivity contribution in [1.82, 2.24) is 5.43 Å². The molecule has 0 unspecified atom stereocenters. The Morgan fingerprint density at radius 1 is 0.968 bits per heavy atom. The van der Waals surface area contributed by atoms with Crippen LogP contribution in [-0.4, -0.2) is 37.2 Å². The molecule has 31 heavy (non-hydrogen) atoms. The van der Waals surface area contributed by atoms with Crippen molar-refractivity contribution in [3.05, 3.63) is 22.2 Å². The van der Waals surface area contributed by atoms with Gasteiger partial charge in [-0.3, -0.25) is 15.6 Å². The van der Waals surface area contributed by atoms with Crippen molar-refractivity contribution < 1.29 is 63.0 Å². The average molecular weight is 539 g/mol. The molecule has 0 atom stereocenters. The highest BCUT2D eigenvalue weighted by atomic mass is 79.9. The fraction of sp³-hybridized carbons (Fsp3) is 0.429. The van der Waals surface area contributed by atoms with Gasteiger partial charge in [0.05, 0.1) is 6.61 Å². The minimum atomic E-state index is -6.62. The summed E-state index contributed by atoms with van der Waals surface area (Å²) in [5.41, 5.74) is -6.34. The number of nitrogens with one attached hydrogen (secondary N) is 2. The number of amides is 1. The molecular formula is C14H9BrF10N2O4. The third-order valence-corrected chi connectivity index (χ3v) is 3.85. The van der Waals surface area contributed by atoms with E-state index in [9.17, 15) is 53.5 Å². The molecule has 17 heteroatoms. The molecule has 2 N–H and O–H groups in total. The average Bonchev–Trinajstić information content (AvgIpc) is 2.56. The first-order valence-electron chi connectivity index (χ1n) is 7.50. The number of benzene rings is 1. The number of ether oxygens (including phenoxy) is 2. The van der Waals surface area contributed by atoms with Crippen molar-refractivity contribution in [2.45, 2.75) is 31.3 Å². The normalized spacial score (nSPS) is 12.9. The number of esters is 1. The minimum absolute atomic E-state index is 0.136. The molecule has 0 saturated heterocycles. The first-order valence-corrected chi connectivity index (χ1v) is 8.29. The Hall–Kier alpha value is -2.46. The van der Waals surface area contributed by atoms with Gasteiger partial charge in [0.15, 0.2) is 5.75 Å². The third-order valence-electron chi connectivity index (χ3n) is 3.22. The number of carbonyl (C=O) groups is 2. The Balaban J connectivity index is 3.56. The molecule has 176 valence electrons. The lowest BCUT2D eigenvalue weighted by Gasteiger charge is -2.31. The predicted molar refractivity (Wildman–Crippen MR) is 84.1 cm³/mol. The molecule has 0 aliphatic rings. The minimum Gasteiger partial charge on any atom is -0.459 e. The first-order chi connectivity index (χ1) is 13.8. The van der Waals surface area contributed by atoms with Crippen molar-refractivity contribution in [2.75, 3.05) is 12.0 Å². The van der Waals surface area contributed by atoms with E-state index in [1.807, 2.05) is 0 Å². The van der Waals surface area contributed by atoms with E-state index in [-0.39, 0.29) is 12.7 Å². The van der Waals surface area contributed by atoms with Crippen molar-refractivity contribution in [2.24, 2.45) is 0 Å². The third kappa shape index (κ3) is 6.04. The highest BCUT2D eigenvalue weighted by Crippen LogP contribution is 2.55. The molecule has 0 heterocycles. The fourth-order valence-electron chi connectivity index (χ4n) is 1.96. The van der Waals surface area contributed by atoms with Crippen LogP contribution < -0.4 is 15.6 Å². The lowest BCUT2D eigenvalue weighted by atomic mass is 9.93. The van der Waals surface area contributed by atoms with Gasteiger partial charge >= 0.3 is 36.3 Å². The van der Waals surface area contributed by atoms with Gasteiger partial charge in [-0.2, -0.15) is 26.3 Å². The van der Waals surface area contributed by atoms with Crippen LogP contribution in [0.2, 0.25) is 0 Å². The topological polar surface area (TPSA) is 76.7 Å². The van der Waals surface area contributed by atoms with E-state index in [0.29, 0.717) is 0 Å². The van der Waals surface area contributed by atoms with Crippen molar-refractivity contribution in [3.63, 3.8) is 0 Å². The van der Waals surface area contributed by atoms with E-state index in [4.69, 9.17) is 0 Å². The smallest absolute Gasteiger partial charge is 0.459 e. The van der Waals surface area contributed by atoms with Crippen LogP contribution >= 0.6 is 15.9 Å². The van der Waals surface area contributed by atoms with Gasteiger partial charge in [0, 0.05) is 10.0 Å². The quantitative estimate of drug-likeness (QED) is 0.247. The summed E-state index contributed by atoms with van der Waals surface area (Å²) in [4.78, 5) is 22.6. The molecule has 6 nitrogen and oxygen atoms in total. The second-order valence-electron chi connectivity index (χ2n) is 5.33. The van der Waals surface area contributed by atoms with Gasteiger partial charge in [-0.1, -0.05) is 0 Å². The number of carbonyl (C=O) groups excluding carboxylic acids is 2. The van der Waals surface area contributed by atoms with E-state index in [1.165, 1.54) is 12.3 Å². The first kappa shape index (κ1) is 26.6. The zero-order valence-electron chi connectivity index (χ0n) is 14.7. The summed E-state index contributed by atoms with van der Waals surface area (Å²) in [6.07, 6.45) is -18.9. The summed E-state index contributed by atoms with van der Waals surface area (Å²) in [7, 11) is 0. The van der Waals surface area contributed by atoms with Gasteiger partial charge in [0.2, 0.25) is 0 Å². The molecule has 0 spiro atoms. The van der Waals surface area contributed by atoms with Crippen LogP contribution in [0.25, 0.3) is 0 Å². The van der Waals surface area contributed by atoms with E-state index in [0.717, 1.165) is 0 Å². The van der Waals surface area contributed by atoms with E-state index in [2.05, 4.69) is 25.4 Å². The molecule has 1 aromatic rings. The van der Waals surface area contributed by atoms with Crippen molar-refractivity contribution >= 4 is 33.5 Å². The van der Waals surface area contributed by atoms with Crippen LogP contribution in [0.1, 0.15) is 12.5 Å². The van der Waals surface area contributed by atoms with Crippen LogP contribution in [0, 0.1) is 0 Å². The van der Waals surface area contributed by atoms with Crippen molar-refractivity contribution in [1.29, 1.82) is 0 Å². The molecule has 1 aromatic carbocycles. The fourth-order valence-corrected chi connectivity index (χ4v) is 2.50. The van der Waals surface area contributed by atoms with E-state index >= 15 is 0 Å². The number of alkyl halides is 10. The second-order valence-corrected chi connectivity index (χ2v) is 6.19. The Morgan fingerprint density at radius 3 is 1.90 bits per heavy atom. The van der Waals surface area contributed by atoms with E-state index in [1.54, 1.807) is 5.43 Å². The van der Waals surface area contributed by atoms with Gasteiger partial charge in [0.25, 0.3) is 0 Å². The largest absolute Gasteiger partial charge is 0.573 e. The Bertz CT molecular complexity index is 824. The lowest BCUT2D eigenvalue weighted by Crippen LogP contribution is -2.50. The maximum absolute atomic E-state index is 14.2. The molecule has 0 bridgehead atoms. The maximum atomic E-state index is 14.2. The predicted octanol–water partition coefficient (Wildman–Crippen LogP) is 4.64. The number of hydrazine groups is 1. The standard InChI is InChI=1S/C14H9BrF10N2O4/c1-2-30-10(29)9(28)27-26-8-6(15)3-5(4-7(8)31-14(23,24)25)11(16,12(17,18)19)13(20,21)22/h3-4,26H,2H2,1H3,(H,27,28). The molecular weight excluding hydrogens is 530 g/mol. The number of rotatable bonds is 5. The van der Waals surface area contributed by atoms with Crippen LogP contribution in [0.5, 0.6) is 5.75 Å². The summed E-state index contributed by atoms with van der Waals surface area (Å²) in [6, 6.07) is -0.652. The summed E-state index contributed by atoms with van der Waals surface area (Å²) in [5, 5.41) is 0. The van der Waals surface area contributed by atoms with Gasteiger partial charge in [0.1, 0.15) is 5.69 Å². The summed E-state index contributed by atoms with van der Waals surface area (Å²) in [6.45, 7) is 1.02. The molecule has 0 aliphatic heterocycles. The summed E-state index contributed by atoms with van der Waals surface area (Å²) >= 11 is 2.37.